The van der Waals surface area contributed by atoms with Crippen molar-refractivity contribution in [3.63, 3.8) is 0 Å². The normalized spacial score (nSPS) is 15.3. The fourth-order valence-corrected chi connectivity index (χ4v) is 3.68. The van der Waals surface area contributed by atoms with E-state index in [1.165, 1.54) is 18.4 Å². The summed E-state index contributed by atoms with van der Waals surface area (Å²) < 4.78 is 0.948. The lowest BCUT2D eigenvalue weighted by Crippen LogP contribution is -2.24. The summed E-state index contributed by atoms with van der Waals surface area (Å²) in [6, 6.07) is 2.90. The molecule has 84 valence electrons. The van der Waals surface area contributed by atoms with Crippen molar-refractivity contribution in [2.45, 2.75) is 25.4 Å². The van der Waals surface area contributed by atoms with E-state index >= 15 is 0 Å². The lowest BCUT2D eigenvalue weighted by atomic mass is 10.3. The molecule has 0 saturated heterocycles. The molecule has 16 heavy (non-hydrogen) atoms. The summed E-state index contributed by atoms with van der Waals surface area (Å²) in [5, 5.41) is 7.55. The first-order chi connectivity index (χ1) is 7.83. The monoisotopic (exact) mass is 314 g/mol. The van der Waals surface area contributed by atoms with E-state index in [-0.39, 0.29) is 0 Å². The van der Waals surface area contributed by atoms with Gasteiger partial charge in [0.2, 0.25) is 0 Å². The first-order valence-electron chi connectivity index (χ1n) is 5.21. The maximum Gasteiger partial charge on any atom is 0.186 e. The standard InChI is InChI=1S/C11H11BrN2S2/c12-10-7-16-11(13-10)14(9-1-2-9)5-8-3-4-15-6-8/h3-4,6-7,9H,1-2,5H2. The number of rotatable bonds is 4. The van der Waals surface area contributed by atoms with Gasteiger partial charge in [-0.2, -0.15) is 11.3 Å². The smallest absolute Gasteiger partial charge is 0.186 e. The number of anilines is 1. The fourth-order valence-electron chi connectivity index (χ4n) is 1.70. The van der Waals surface area contributed by atoms with Crippen LogP contribution in [0.25, 0.3) is 0 Å². The Bertz CT molecular complexity index is 462. The molecule has 1 aliphatic rings. The molecule has 2 nitrogen and oxygen atoms in total. The summed E-state index contributed by atoms with van der Waals surface area (Å²) in [6.07, 6.45) is 2.61. The van der Waals surface area contributed by atoms with Gasteiger partial charge in [0.25, 0.3) is 0 Å². The first kappa shape index (κ1) is 10.7. The number of hydrogen-bond acceptors (Lipinski definition) is 4. The van der Waals surface area contributed by atoms with Crippen LogP contribution in [0, 0.1) is 0 Å². The maximum absolute atomic E-state index is 4.52. The topological polar surface area (TPSA) is 16.1 Å². The molecule has 2 aromatic rings. The third-order valence-electron chi connectivity index (χ3n) is 2.63. The third kappa shape index (κ3) is 2.31. The Morgan fingerprint density at radius 2 is 2.31 bits per heavy atom. The molecule has 0 unspecified atom stereocenters. The highest BCUT2D eigenvalue weighted by molar-refractivity contribution is 9.10. The number of thiazole rings is 1. The zero-order chi connectivity index (χ0) is 11.0. The summed E-state index contributed by atoms with van der Waals surface area (Å²) in [4.78, 5) is 6.95. The second-order valence-electron chi connectivity index (χ2n) is 3.94. The molecule has 0 aliphatic heterocycles. The van der Waals surface area contributed by atoms with E-state index in [0.29, 0.717) is 6.04 Å². The summed E-state index contributed by atoms with van der Waals surface area (Å²) >= 11 is 6.90. The summed E-state index contributed by atoms with van der Waals surface area (Å²) in [6.45, 7) is 0.994. The molecule has 2 aromatic heterocycles. The number of halogens is 1. The fraction of sp³-hybridized carbons (Fsp3) is 0.364. The Balaban J connectivity index is 1.81. The van der Waals surface area contributed by atoms with Gasteiger partial charge in [-0.3, -0.25) is 0 Å². The Kier molecular flexibility index (Phi) is 3.00. The average molecular weight is 315 g/mol. The highest BCUT2D eigenvalue weighted by atomic mass is 79.9. The van der Waals surface area contributed by atoms with E-state index in [9.17, 15) is 0 Å². The van der Waals surface area contributed by atoms with Crippen LogP contribution >= 0.6 is 38.6 Å². The van der Waals surface area contributed by atoms with Crippen LogP contribution in [0.4, 0.5) is 5.13 Å². The van der Waals surface area contributed by atoms with E-state index in [1.807, 2.05) is 0 Å². The molecule has 1 aliphatic carbocycles. The van der Waals surface area contributed by atoms with Crippen molar-refractivity contribution in [1.29, 1.82) is 0 Å². The van der Waals surface area contributed by atoms with E-state index in [4.69, 9.17) is 0 Å². The minimum Gasteiger partial charge on any atom is -0.341 e. The lowest BCUT2D eigenvalue weighted by molar-refractivity contribution is 0.791. The van der Waals surface area contributed by atoms with Crippen molar-refractivity contribution in [1.82, 2.24) is 4.98 Å². The highest BCUT2D eigenvalue weighted by Gasteiger charge is 2.30. The molecule has 0 spiro atoms. The molecule has 5 heteroatoms. The predicted molar refractivity (Wildman–Crippen MR) is 73.3 cm³/mol. The van der Waals surface area contributed by atoms with Crippen molar-refractivity contribution in [2.75, 3.05) is 4.90 Å². The van der Waals surface area contributed by atoms with Gasteiger partial charge in [-0.05, 0) is 51.2 Å². The third-order valence-corrected chi connectivity index (χ3v) is 4.95. The molecule has 0 bridgehead atoms. The highest BCUT2D eigenvalue weighted by Crippen LogP contribution is 2.35. The van der Waals surface area contributed by atoms with E-state index in [2.05, 4.69) is 48.0 Å². The summed E-state index contributed by atoms with van der Waals surface area (Å²) in [5.74, 6) is 0. The van der Waals surface area contributed by atoms with Crippen molar-refractivity contribution >= 4 is 43.7 Å². The zero-order valence-corrected chi connectivity index (χ0v) is 11.8. The molecule has 0 amide bonds. The van der Waals surface area contributed by atoms with E-state index in [1.54, 1.807) is 22.7 Å². The van der Waals surface area contributed by atoms with Crippen molar-refractivity contribution in [3.8, 4) is 0 Å². The molecule has 2 heterocycles. The largest absolute Gasteiger partial charge is 0.341 e. The van der Waals surface area contributed by atoms with Crippen molar-refractivity contribution < 1.29 is 0 Å². The quantitative estimate of drug-likeness (QED) is 0.843. The van der Waals surface area contributed by atoms with Gasteiger partial charge in [0.15, 0.2) is 5.13 Å². The van der Waals surface area contributed by atoms with Gasteiger partial charge in [-0.25, -0.2) is 4.98 Å². The number of aromatic nitrogens is 1. The van der Waals surface area contributed by atoms with E-state index < -0.39 is 0 Å². The van der Waals surface area contributed by atoms with Crippen LogP contribution in [0.1, 0.15) is 18.4 Å². The van der Waals surface area contributed by atoms with Gasteiger partial charge in [-0.15, -0.1) is 11.3 Å². The molecule has 0 radical (unpaired) electrons. The van der Waals surface area contributed by atoms with Crippen LogP contribution in [-0.2, 0) is 6.54 Å². The maximum atomic E-state index is 4.52. The summed E-state index contributed by atoms with van der Waals surface area (Å²) in [7, 11) is 0. The number of thiophene rings is 1. The van der Waals surface area contributed by atoms with E-state index in [0.717, 1.165) is 16.3 Å². The Labute approximate surface area is 111 Å². The van der Waals surface area contributed by atoms with Crippen LogP contribution in [0.5, 0.6) is 0 Å². The van der Waals surface area contributed by atoms with Crippen LogP contribution in [0.15, 0.2) is 26.8 Å². The van der Waals surface area contributed by atoms with Gasteiger partial charge in [-0.1, -0.05) is 0 Å². The minimum absolute atomic E-state index is 0.706. The Morgan fingerprint density at radius 3 is 2.88 bits per heavy atom. The second kappa shape index (κ2) is 4.47. The molecular weight excluding hydrogens is 304 g/mol. The van der Waals surface area contributed by atoms with Gasteiger partial charge >= 0.3 is 0 Å². The Hall–Kier alpha value is -0.390. The molecule has 0 atom stereocenters. The van der Waals surface area contributed by atoms with Gasteiger partial charge in [0, 0.05) is 18.0 Å². The molecule has 3 rings (SSSR count). The summed E-state index contributed by atoms with van der Waals surface area (Å²) in [5.41, 5.74) is 1.39. The van der Waals surface area contributed by atoms with Gasteiger partial charge < -0.3 is 4.90 Å². The average Bonchev–Trinajstić information content (AvgIpc) is 2.81. The van der Waals surface area contributed by atoms with Gasteiger partial charge in [0.05, 0.1) is 0 Å². The van der Waals surface area contributed by atoms with Crippen molar-refractivity contribution in [3.05, 3.63) is 32.4 Å². The molecule has 0 N–H and O–H groups in total. The minimum atomic E-state index is 0.706. The van der Waals surface area contributed by atoms with Crippen LogP contribution in [-0.4, -0.2) is 11.0 Å². The number of nitrogens with zero attached hydrogens (tertiary/aromatic N) is 2. The SMILES string of the molecule is Brc1csc(N(Cc2ccsc2)C2CC2)n1. The van der Waals surface area contributed by atoms with Crippen LogP contribution in [0.2, 0.25) is 0 Å². The molecule has 1 fully saturated rings. The van der Waals surface area contributed by atoms with Gasteiger partial charge in [0.1, 0.15) is 4.60 Å². The second-order valence-corrected chi connectivity index (χ2v) is 6.37. The zero-order valence-electron chi connectivity index (χ0n) is 8.60. The Morgan fingerprint density at radius 1 is 1.44 bits per heavy atom. The van der Waals surface area contributed by atoms with Crippen LogP contribution in [0.3, 0.4) is 0 Å². The molecule has 1 saturated carbocycles. The lowest BCUT2D eigenvalue weighted by Gasteiger charge is -2.20. The molecular formula is C11H11BrN2S2. The molecule has 0 aromatic carbocycles. The number of hydrogen-bond donors (Lipinski definition) is 0. The predicted octanol–water partition coefficient (Wildman–Crippen LogP) is 4.14. The van der Waals surface area contributed by atoms with Crippen LogP contribution < -0.4 is 4.90 Å². The van der Waals surface area contributed by atoms with Crippen molar-refractivity contribution in [2.24, 2.45) is 0 Å². The first-order valence-corrected chi connectivity index (χ1v) is 7.83.